The second-order valence-electron chi connectivity index (χ2n) is 4.60. The van der Waals surface area contributed by atoms with Crippen molar-refractivity contribution in [3.05, 3.63) is 52.7 Å². The van der Waals surface area contributed by atoms with E-state index >= 15 is 0 Å². The van der Waals surface area contributed by atoms with Crippen molar-refractivity contribution in [3.63, 3.8) is 0 Å². The third-order valence-electron chi connectivity index (χ3n) is 3.51. The number of nitrogens with zero attached hydrogens (tertiary/aromatic N) is 1. The molecule has 3 rings (SSSR count). The number of fused-ring (bicyclic) bond motifs is 2. The quantitative estimate of drug-likeness (QED) is 0.854. The fraction of sp³-hybridized carbons (Fsp3) is 0.214. The lowest BCUT2D eigenvalue weighted by Gasteiger charge is -2.40. The molecular formula is C14H10ClF3N2O. The normalized spacial score (nSPS) is 20.4. The molecule has 0 saturated heterocycles. The zero-order valence-electron chi connectivity index (χ0n) is 10.8. The van der Waals surface area contributed by atoms with Crippen LogP contribution in [0, 0.1) is 0 Å². The predicted octanol–water partition coefficient (Wildman–Crippen LogP) is 4.24. The van der Waals surface area contributed by atoms with E-state index in [-0.39, 0.29) is 27.7 Å². The molecule has 0 aliphatic carbocycles. The van der Waals surface area contributed by atoms with Crippen LogP contribution in [-0.2, 0) is 10.3 Å². The summed E-state index contributed by atoms with van der Waals surface area (Å²) in [5.41, 5.74) is -2.49. The fourth-order valence-electron chi connectivity index (χ4n) is 2.62. The highest BCUT2D eigenvalue weighted by atomic mass is 35.5. The van der Waals surface area contributed by atoms with E-state index in [4.69, 9.17) is 16.3 Å². The van der Waals surface area contributed by atoms with Gasteiger partial charge in [-0.05, 0) is 24.3 Å². The SMILES string of the molecule is COC1(C(F)(F)F)c2cc(Cl)ccc2Nc2ncccc21. The van der Waals surface area contributed by atoms with E-state index < -0.39 is 11.8 Å². The zero-order chi connectivity index (χ0) is 15.3. The molecule has 1 aliphatic heterocycles. The number of aromatic nitrogens is 1. The highest BCUT2D eigenvalue weighted by Crippen LogP contribution is 2.54. The summed E-state index contributed by atoms with van der Waals surface area (Å²) in [4.78, 5) is 3.97. The molecular weight excluding hydrogens is 305 g/mol. The number of ether oxygens (including phenoxy) is 1. The van der Waals surface area contributed by atoms with E-state index in [1.807, 2.05) is 0 Å². The van der Waals surface area contributed by atoms with Crippen LogP contribution >= 0.6 is 11.6 Å². The second-order valence-corrected chi connectivity index (χ2v) is 5.03. The van der Waals surface area contributed by atoms with E-state index in [1.54, 1.807) is 0 Å². The molecule has 2 aromatic rings. The van der Waals surface area contributed by atoms with Crippen LogP contribution in [0.1, 0.15) is 11.1 Å². The second kappa shape index (κ2) is 4.61. The molecule has 1 aliphatic rings. The molecule has 0 amide bonds. The monoisotopic (exact) mass is 314 g/mol. The molecule has 1 aromatic carbocycles. The third kappa shape index (κ3) is 1.90. The number of rotatable bonds is 1. The van der Waals surface area contributed by atoms with Crippen LogP contribution < -0.4 is 5.32 Å². The molecule has 1 N–H and O–H groups in total. The summed E-state index contributed by atoms with van der Waals surface area (Å²) in [6, 6.07) is 7.04. The van der Waals surface area contributed by atoms with Gasteiger partial charge in [0.25, 0.3) is 0 Å². The van der Waals surface area contributed by atoms with E-state index in [0.29, 0.717) is 0 Å². The first kappa shape index (κ1) is 14.2. The highest BCUT2D eigenvalue weighted by molar-refractivity contribution is 6.30. The van der Waals surface area contributed by atoms with Crippen molar-refractivity contribution in [2.24, 2.45) is 0 Å². The summed E-state index contributed by atoms with van der Waals surface area (Å²) >= 11 is 5.87. The molecule has 0 saturated carbocycles. The number of anilines is 2. The van der Waals surface area contributed by atoms with Gasteiger partial charge in [-0.1, -0.05) is 17.7 Å². The molecule has 0 spiro atoms. The van der Waals surface area contributed by atoms with E-state index in [1.165, 1.54) is 36.5 Å². The van der Waals surface area contributed by atoms with Crippen LogP contribution in [0.25, 0.3) is 0 Å². The molecule has 110 valence electrons. The number of methoxy groups -OCH3 is 1. The van der Waals surface area contributed by atoms with Crippen LogP contribution in [0.3, 0.4) is 0 Å². The third-order valence-corrected chi connectivity index (χ3v) is 3.74. The highest BCUT2D eigenvalue weighted by Gasteiger charge is 2.61. The summed E-state index contributed by atoms with van der Waals surface area (Å²) in [6.07, 6.45) is -3.25. The van der Waals surface area contributed by atoms with Gasteiger partial charge in [-0.15, -0.1) is 0 Å². The van der Waals surface area contributed by atoms with E-state index in [9.17, 15) is 13.2 Å². The standard InChI is InChI=1S/C14H10ClF3N2O/c1-21-13(14(16,17)18)9-3-2-6-19-12(9)20-11-5-4-8(15)7-10(11)13/h2-7H,1H3,(H,19,20). The topological polar surface area (TPSA) is 34.1 Å². The number of alkyl halides is 3. The van der Waals surface area contributed by atoms with Gasteiger partial charge in [-0.3, -0.25) is 0 Å². The Morgan fingerprint density at radius 2 is 2.00 bits per heavy atom. The first-order valence-electron chi connectivity index (χ1n) is 6.04. The smallest absolute Gasteiger partial charge is 0.360 e. The van der Waals surface area contributed by atoms with E-state index in [0.717, 1.165) is 7.11 Å². The van der Waals surface area contributed by atoms with Crippen molar-refractivity contribution in [3.8, 4) is 0 Å². The molecule has 2 heterocycles. The van der Waals surface area contributed by atoms with Crippen LogP contribution in [0.4, 0.5) is 24.7 Å². The Kier molecular flexibility index (Phi) is 3.11. The molecule has 0 fully saturated rings. The van der Waals surface area contributed by atoms with Crippen LogP contribution in [-0.4, -0.2) is 18.3 Å². The molecule has 0 radical (unpaired) electrons. The van der Waals surface area contributed by atoms with Crippen molar-refractivity contribution < 1.29 is 17.9 Å². The van der Waals surface area contributed by atoms with Crippen molar-refractivity contribution >= 4 is 23.1 Å². The maximum atomic E-state index is 13.9. The van der Waals surface area contributed by atoms with Crippen LogP contribution in [0.15, 0.2) is 36.5 Å². The largest absolute Gasteiger partial charge is 0.426 e. The lowest BCUT2D eigenvalue weighted by Crippen LogP contribution is -2.47. The number of benzene rings is 1. The van der Waals surface area contributed by atoms with Gasteiger partial charge in [0.15, 0.2) is 0 Å². The van der Waals surface area contributed by atoms with Crippen LogP contribution in [0.5, 0.6) is 0 Å². The van der Waals surface area contributed by atoms with Gasteiger partial charge in [0.05, 0.1) is 0 Å². The first-order chi connectivity index (χ1) is 9.90. The van der Waals surface area contributed by atoms with Gasteiger partial charge in [0.2, 0.25) is 5.60 Å². The van der Waals surface area contributed by atoms with E-state index in [2.05, 4.69) is 10.3 Å². The average molecular weight is 315 g/mol. The Morgan fingerprint density at radius 1 is 1.24 bits per heavy atom. The molecule has 0 bridgehead atoms. The molecule has 21 heavy (non-hydrogen) atoms. The molecule has 3 nitrogen and oxygen atoms in total. The number of nitrogens with one attached hydrogen (secondary N) is 1. The number of pyridine rings is 1. The van der Waals surface area contributed by atoms with Gasteiger partial charge < -0.3 is 10.1 Å². The molecule has 1 atom stereocenters. The maximum Gasteiger partial charge on any atom is 0.426 e. The average Bonchev–Trinajstić information content (AvgIpc) is 2.43. The summed E-state index contributed by atoms with van der Waals surface area (Å²) in [5, 5.41) is 3.08. The number of hydrogen-bond acceptors (Lipinski definition) is 3. The van der Waals surface area contributed by atoms with Gasteiger partial charge in [-0.2, -0.15) is 13.2 Å². The molecule has 1 unspecified atom stereocenters. The first-order valence-corrected chi connectivity index (χ1v) is 6.42. The Hall–Kier alpha value is -1.79. The number of hydrogen-bond donors (Lipinski definition) is 1. The van der Waals surface area contributed by atoms with Crippen molar-refractivity contribution in [1.29, 1.82) is 0 Å². The minimum atomic E-state index is -4.67. The zero-order valence-corrected chi connectivity index (χ0v) is 11.6. The number of halogens is 4. The summed E-state index contributed by atoms with van der Waals surface area (Å²) in [5.74, 6) is 0.117. The van der Waals surface area contributed by atoms with Gasteiger partial charge in [0.1, 0.15) is 5.82 Å². The Labute approximate surface area is 123 Å². The van der Waals surface area contributed by atoms with Gasteiger partial charge in [0, 0.05) is 35.1 Å². The predicted molar refractivity (Wildman–Crippen MR) is 72.8 cm³/mol. The molecule has 7 heteroatoms. The van der Waals surface area contributed by atoms with Crippen molar-refractivity contribution in [1.82, 2.24) is 4.98 Å². The van der Waals surface area contributed by atoms with Crippen molar-refractivity contribution in [2.75, 3.05) is 12.4 Å². The minimum absolute atomic E-state index is 0.0782. The van der Waals surface area contributed by atoms with Crippen LogP contribution in [0.2, 0.25) is 5.02 Å². The lowest BCUT2D eigenvalue weighted by atomic mass is 9.82. The summed E-state index contributed by atoms with van der Waals surface area (Å²) in [6.45, 7) is 0. The van der Waals surface area contributed by atoms with Gasteiger partial charge in [-0.25, -0.2) is 4.98 Å². The fourth-order valence-corrected chi connectivity index (χ4v) is 2.79. The van der Waals surface area contributed by atoms with Gasteiger partial charge >= 0.3 is 6.18 Å². The lowest BCUT2D eigenvalue weighted by molar-refractivity contribution is -0.258. The summed E-state index contributed by atoms with van der Waals surface area (Å²) < 4.78 is 46.6. The Bertz CT molecular complexity index is 705. The Morgan fingerprint density at radius 3 is 2.67 bits per heavy atom. The molecule has 1 aromatic heterocycles. The maximum absolute atomic E-state index is 13.9. The van der Waals surface area contributed by atoms with Crippen molar-refractivity contribution in [2.45, 2.75) is 11.8 Å². The summed E-state index contributed by atoms with van der Waals surface area (Å²) in [7, 11) is 1.03. The Balaban J connectivity index is 2.39. The minimum Gasteiger partial charge on any atom is -0.360 e.